The average Bonchev–Trinajstić information content (AvgIpc) is 3.16. The van der Waals surface area contributed by atoms with Gasteiger partial charge in [-0.3, -0.25) is 10.1 Å². The first-order chi connectivity index (χ1) is 9.32. The van der Waals surface area contributed by atoms with Gasteiger partial charge in [0.1, 0.15) is 0 Å². The second kappa shape index (κ2) is 5.12. The van der Waals surface area contributed by atoms with E-state index in [2.05, 4.69) is 26.2 Å². The van der Waals surface area contributed by atoms with Crippen LogP contribution in [-0.2, 0) is 12.1 Å². The minimum Gasteiger partial charge on any atom is -0.258 e. The number of rotatable bonds is 5. The third kappa shape index (κ3) is 2.54. The zero-order valence-corrected chi connectivity index (χ0v) is 11.6. The van der Waals surface area contributed by atoms with E-state index in [4.69, 9.17) is 0 Å². The summed E-state index contributed by atoms with van der Waals surface area (Å²) < 4.78 is 38.7. The quantitative estimate of drug-likeness (QED) is 0.455. The molecule has 0 saturated carbocycles. The highest BCUT2D eigenvalue weighted by atomic mass is 79.9. The van der Waals surface area contributed by atoms with Gasteiger partial charge < -0.3 is 0 Å². The molecular weight excluding hydrogens is 343 g/mol. The van der Waals surface area contributed by atoms with Gasteiger partial charge in [0.2, 0.25) is 0 Å². The van der Waals surface area contributed by atoms with Gasteiger partial charge in [0.15, 0.2) is 0 Å². The summed E-state index contributed by atoms with van der Waals surface area (Å²) in [5, 5.41) is 17.7. The summed E-state index contributed by atoms with van der Waals surface area (Å²) in [7, 11) is 0. The van der Waals surface area contributed by atoms with Crippen LogP contribution in [0.4, 0.5) is 18.9 Å². The molecule has 1 aromatic rings. The first kappa shape index (κ1) is 14.9. The molecule has 9 heteroatoms. The number of aryl methyl sites for hydroxylation is 1. The van der Waals surface area contributed by atoms with Gasteiger partial charge in [-0.1, -0.05) is 22.0 Å². The predicted molar refractivity (Wildman–Crippen MR) is 67.8 cm³/mol. The molecule has 0 atom stereocenters. The highest BCUT2D eigenvalue weighted by Crippen LogP contribution is 2.54. The Morgan fingerprint density at radius 3 is 2.45 bits per heavy atom. The maximum absolute atomic E-state index is 12.9. The zero-order chi connectivity index (χ0) is 15.0. The fourth-order valence-corrected chi connectivity index (χ4v) is 2.15. The van der Waals surface area contributed by atoms with Gasteiger partial charge in [-0.05, 0) is 24.5 Å². The van der Waals surface area contributed by atoms with Crippen molar-refractivity contribution in [1.29, 1.82) is 0 Å². The monoisotopic (exact) mass is 351 g/mol. The van der Waals surface area contributed by atoms with E-state index in [1.165, 1.54) is 6.07 Å². The van der Waals surface area contributed by atoms with E-state index in [0.29, 0.717) is 17.3 Å². The van der Waals surface area contributed by atoms with E-state index in [0.717, 1.165) is 18.6 Å². The Labute approximate surface area is 120 Å². The molecule has 1 heterocycles. The molecule has 20 heavy (non-hydrogen) atoms. The molecule has 0 amide bonds. The van der Waals surface area contributed by atoms with Crippen LogP contribution >= 0.6 is 15.9 Å². The Kier molecular flexibility index (Phi) is 3.81. The topological polar surface area (TPSA) is 67.9 Å². The lowest BCUT2D eigenvalue weighted by atomic mass is 9.97. The molecular formula is C11H9BrF3N3O2. The van der Waals surface area contributed by atoms with E-state index in [9.17, 15) is 23.3 Å². The minimum atomic E-state index is -4.77. The predicted octanol–water partition coefficient (Wildman–Crippen LogP) is 4.10. The Morgan fingerprint density at radius 2 is 2.00 bits per heavy atom. The Bertz CT molecular complexity index is 569. The molecule has 0 bridgehead atoms. The Balaban J connectivity index is 2.42. The molecule has 0 aromatic heterocycles. The van der Waals surface area contributed by atoms with Crippen LogP contribution in [-0.4, -0.2) is 16.4 Å². The number of hydrogen-bond acceptors (Lipinski definition) is 4. The van der Waals surface area contributed by atoms with Crippen molar-refractivity contribution in [3.05, 3.63) is 39.4 Å². The van der Waals surface area contributed by atoms with Crippen molar-refractivity contribution in [2.45, 2.75) is 24.7 Å². The van der Waals surface area contributed by atoms with Gasteiger partial charge >= 0.3 is 11.8 Å². The van der Waals surface area contributed by atoms with Crippen molar-refractivity contribution in [2.75, 3.05) is 5.33 Å². The molecule has 2 rings (SSSR count). The van der Waals surface area contributed by atoms with Crippen molar-refractivity contribution in [1.82, 2.24) is 0 Å². The summed E-state index contributed by atoms with van der Waals surface area (Å²) in [4.78, 5) is 10.2. The molecule has 0 fully saturated rings. The summed E-state index contributed by atoms with van der Waals surface area (Å²) >= 11 is 3.22. The molecule has 5 nitrogen and oxygen atoms in total. The molecule has 0 radical (unpaired) electrons. The standard InChI is InChI=1S/C11H9BrF3N3O2/c12-5-1-2-7-3-4-8(9(6-7)18(19)20)10(16-17-10)11(13,14)15/h3-4,6H,1-2,5H2. The summed E-state index contributed by atoms with van der Waals surface area (Å²) in [6.07, 6.45) is -3.50. The Hall–Kier alpha value is -1.51. The van der Waals surface area contributed by atoms with Gasteiger partial charge in [0, 0.05) is 11.4 Å². The average molecular weight is 352 g/mol. The number of alkyl halides is 4. The van der Waals surface area contributed by atoms with Crippen LogP contribution in [0.2, 0.25) is 0 Å². The SMILES string of the molecule is O=[N+]([O-])c1cc(CCCBr)ccc1C1(C(F)(F)F)N=N1. The van der Waals surface area contributed by atoms with Crippen LogP contribution in [0.15, 0.2) is 28.4 Å². The van der Waals surface area contributed by atoms with Crippen LogP contribution in [0.3, 0.4) is 0 Å². The molecule has 1 aliphatic rings. The van der Waals surface area contributed by atoms with Crippen molar-refractivity contribution in [3.63, 3.8) is 0 Å². The summed E-state index contributed by atoms with van der Waals surface area (Å²) in [5.41, 5.74) is -3.28. The summed E-state index contributed by atoms with van der Waals surface area (Å²) in [6.45, 7) is 0. The van der Waals surface area contributed by atoms with Gasteiger partial charge in [0.25, 0.3) is 5.69 Å². The van der Waals surface area contributed by atoms with E-state index in [-0.39, 0.29) is 0 Å². The van der Waals surface area contributed by atoms with E-state index >= 15 is 0 Å². The molecule has 0 spiro atoms. The van der Waals surface area contributed by atoms with Crippen molar-refractivity contribution in [3.8, 4) is 0 Å². The van der Waals surface area contributed by atoms with Crippen LogP contribution < -0.4 is 0 Å². The van der Waals surface area contributed by atoms with E-state index in [1.807, 2.05) is 0 Å². The number of halogens is 4. The third-order valence-electron chi connectivity index (χ3n) is 2.93. The summed E-state index contributed by atoms with van der Waals surface area (Å²) in [6, 6.07) is 3.70. The second-order valence-electron chi connectivity index (χ2n) is 4.27. The molecule has 0 unspecified atom stereocenters. The number of nitro benzene ring substituents is 1. The van der Waals surface area contributed by atoms with Crippen LogP contribution in [0.25, 0.3) is 0 Å². The lowest BCUT2D eigenvalue weighted by molar-refractivity contribution is -0.386. The lowest BCUT2D eigenvalue weighted by Crippen LogP contribution is -2.30. The largest absolute Gasteiger partial charge is 0.442 e. The molecule has 1 aliphatic heterocycles. The first-order valence-corrected chi connectivity index (χ1v) is 6.78. The maximum Gasteiger partial charge on any atom is 0.442 e. The smallest absolute Gasteiger partial charge is 0.258 e. The molecule has 0 saturated heterocycles. The maximum atomic E-state index is 12.9. The highest BCUT2D eigenvalue weighted by molar-refractivity contribution is 9.09. The van der Waals surface area contributed by atoms with Gasteiger partial charge in [0.05, 0.1) is 10.5 Å². The highest BCUT2D eigenvalue weighted by Gasteiger charge is 2.67. The first-order valence-electron chi connectivity index (χ1n) is 5.66. The molecule has 0 N–H and O–H groups in total. The van der Waals surface area contributed by atoms with Crippen LogP contribution in [0, 0.1) is 10.1 Å². The number of nitrogens with zero attached hydrogens (tertiary/aromatic N) is 3. The minimum absolute atomic E-state index is 0.530. The lowest BCUT2D eigenvalue weighted by Gasteiger charge is -2.15. The normalized spacial score (nSPS) is 16.2. The number of hydrogen-bond donors (Lipinski definition) is 0. The molecule has 108 valence electrons. The Morgan fingerprint density at radius 1 is 1.35 bits per heavy atom. The van der Waals surface area contributed by atoms with Gasteiger partial charge in [-0.2, -0.15) is 13.2 Å². The van der Waals surface area contributed by atoms with Crippen molar-refractivity contribution in [2.24, 2.45) is 10.2 Å². The van der Waals surface area contributed by atoms with Crippen LogP contribution in [0.1, 0.15) is 17.5 Å². The van der Waals surface area contributed by atoms with Gasteiger partial charge in [-0.25, -0.2) is 0 Å². The van der Waals surface area contributed by atoms with E-state index in [1.54, 1.807) is 0 Å². The molecule has 0 aliphatic carbocycles. The fraction of sp³-hybridized carbons (Fsp3) is 0.455. The van der Waals surface area contributed by atoms with Crippen LogP contribution in [0.5, 0.6) is 0 Å². The summed E-state index contributed by atoms with van der Waals surface area (Å²) in [5.74, 6) is 0. The van der Waals surface area contributed by atoms with Gasteiger partial charge in [-0.15, -0.1) is 10.2 Å². The van der Waals surface area contributed by atoms with E-state index < -0.39 is 28.0 Å². The number of benzene rings is 1. The zero-order valence-electron chi connectivity index (χ0n) is 10.0. The van der Waals surface area contributed by atoms with Crippen molar-refractivity contribution >= 4 is 21.6 Å². The third-order valence-corrected chi connectivity index (χ3v) is 3.49. The molecule has 1 aromatic carbocycles. The van der Waals surface area contributed by atoms with Crippen molar-refractivity contribution < 1.29 is 18.1 Å². The fourth-order valence-electron chi connectivity index (χ4n) is 1.87. The number of nitro groups is 1. The second-order valence-corrected chi connectivity index (χ2v) is 5.06.